The van der Waals surface area contributed by atoms with Crippen LogP contribution in [-0.4, -0.2) is 64.2 Å². The quantitative estimate of drug-likeness (QED) is 0.614. The van der Waals surface area contributed by atoms with Crippen molar-refractivity contribution >= 4 is 28.6 Å². The van der Waals surface area contributed by atoms with E-state index in [1.165, 1.54) is 0 Å². The predicted molar refractivity (Wildman–Crippen MR) is 106 cm³/mol. The van der Waals surface area contributed by atoms with Crippen molar-refractivity contribution in [2.75, 3.05) is 26.2 Å². The number of carbonyl (C=O) groups excluding carboxylic acids is 3. The molecule has 1 aromatic carbocycles. The van der Waals surface area contributed by atoms with Crippen molar-refractivity contribution in [2.24, 2.45) is 5.92 Å². The van der Waals surface area contributed by atoms with E-state index in [-0.39, 0.29) is 18.2 Å². The number of piperidine rings is 1. The van der Waals surface area contributed by atoms with Crippen molar-refractivity contribution in [3.63, 3.8) is 0 Å². The van der Waals surface area contributed by atoms with E-state index in [0.717, 1.165) is 35.4 Å². The third kappa shape index (κ3) is 3.20. The Hall–Kier alpha value is -2.67. The van der Waals surface area contributed by atoms with Gasteiger partial charge in [0.25, 0.3) is 5.91 Å². The number of fused-ring (bicyclic) bond motifs is 1. The molecule has 7 heteroatoms. The number of imide groups is 1. The maximum absolute atomic E-state index is 13.1. The van der Waals surface area contributed by atoms with Gasteiger partial charge >= 0.3 is 6.03 Å². The van der Waals surface area contributed by atoms with E-state index < -0.39 is 11.6 Å². The highest BCUT2D eigenvalue weighted by atomic mass is 16.2. The zero-order valence-electron chi connectivity index (χ0n) is 16.3. The molecule has 2 N–H and O–H groups in total. The first-order valence-electron chi connectivity index (χ1n) is 9.85. The molecule has 4 rings (SSSR count). The van der Waals surface area contributed by atoms with Gasteiger partial charge in [-0.05, 0) is 24.8 Å². The summed E-state index contributed by atoms with van der Waals surface area (Å²) in [5.41, 5.74) is 0.506. The van der Waals surface area contributed by atoms with Gasteiger partial charge in [0.2, 0.25) is 0 Å². The summed E-state index contributed by atoms with van der Waals surface area (Å²) in [6.45, 7) is 6.64. The molecule has 0 aliphatic carbocycles. The third-order valence-corrected chi connectivity index (χ3v) is 5.77. The molecule has 148 valence electrons. The zero-order chi connectivity index (χ0) is 19.9. The number of rotatable bonds is 5. The van der Waals surface area contributed by atoms with E-state index in [0.29, 0.717) is 24.3 Å². The molecule has 7 nitrogen and oxygen atoms in total. The van der Waals surface area contributed by atoms with E-state index in [1.807, 2.05) is 24.3 Å². The summed E-state index contributed by atoms with van der Waals surface area (Å²) in [5.74, 6) is 0.0540. The fraction of sp³-hybridized carbons (Fsp3) is 0.476. The minimum absolute atomic E-state index is 0.232. The highest BCUT2D eigenvalue weighted by Crippen LogP contribution is 2.30. The van der Waals surface area contributed by atoms with Crippen LogP contribution >= 0.6 is 0 Å². The Kier molecular flexibility index (Phi) is 4.71. The van der Waals surface area contributed by atoms with Crippen LogP contribution in [-0.2, 0) is 4.79 Å². The number of hydrogen-bond donors (Lipinski definition) is 2. The summed E-state index contributed by atoms with van der Waals surface area (Å²) < 4.78 is 0. The van der Waals surface area contributed by atoms with Crippen molar-refractivity contribution in [2.45, 2.75) is 32.2 Å². The number of ketones is 1. The first-order valence-corrected chi connectivity index (χ1v) is 9.85. The van der Waals surface area contributed by atoms with Crippen LogP contribution in [0.25, 0.3) is 10.9 Å². The van der Waals surface area contributed by atoms with E-state index in [2.05, 4.69) is 29.0 Å². The van der Waals surface area contributed by atoms with Gasteiger partial charge in [0.15, 0.2) is 5.78 Å². The highest BCUT2D eigenvalue weighted by molar-refractivity contribution is 6.14. The molecule has 2 aromatic rings. The first kappa shape index (κ1) is 18.7. The Bertz CT molecular complexity index is 925. The van der Waals surface area contributed by atoms with Crippen LogP contribution in [0, 0.1) is 5.92 Å². The van der Waals surface area contributed by atoms with Crippen molar-refractivity contribution in [1.29, 1.82) is 0 Å². The molecule has 2 saturated heterocycles. The van der Waals surface area contributed by atoms with Gasteiger partial charge in [-0.3, -0.25) is 14.5 Å². The molecule has 2 fully saturated rings. The normalized spacial score (nSPS) is 19.8. The SMILES string of the molecule is CC(C)CN1CCC2(CC1)NC(=O)N(CC(=O)c1c[nH]c3ccccc13)C2=O. The molecular formula is C21H26N4O3. The first-order chi connectivity index (χ1) is 13.4. The number of hydrogen-bond acceptors (Lipinski definition) is 4. The van der Waals surface area contributed by atoms with Crippen LogP contribution < -0.4 is 5.32 Å². The number of para-hydroxylation sites is 1. The van der Waals surface area contributed by atoms with E-state index in [4.69, 9.17) is 0 Å². The zero-order valence-corrected chi connectivity index (χ0v) is 16.3. The average Bonchev–Trinajstić information content (AvgIpc) is 3.19. The largest absolute Gasteiger partial charge is 0.360 e. The van der Waals surface area contributed by atoms with Gasteiger partial charge in [-0.25, -0.2) is 4.79 Å². The number of aromatic nitrogens is 1. The molecule has 0 saturated carbocycles. The number of amides is 3. The molecule has 0 atom stereocenters. The summed E-state index contributed by atoms with van der Waals surface area (Å²) in [4.78, 5) is 44.8. The van der Waals surface area contributed by atoms with Gasteiger partial charge in [0, 0.05) is 42.3 Å². The maximum atomic E-state index is 13.1. The van der Waals surface area contributed by atoms with Crippen molar-refractivity contribution in [3.8, 4) is 0 Å². The minimum Gasteiger partial charge on any atom is -0.360 e. The summed E-state index contributed by atoms with van der Waals surface area (Å²) >= 11 is 0. The Morgan fingerprint density at radius 3 is 2.61 bits per heavy atom. The molecule has 3 amide bonds. The van der Waals surface area contributed by atoms with Crippen LogP contribution in [0.2, 0.25) is 0 Å². The number of H-pyrrole nitrogens is 1. The smallest absolute Gasteiger partial charge is 0.325 e. The minimum atomic E-state index is -0.856. The van der Waals surface area contributed by atoms with E-state index >= 15 is 0 Å². The second-order valence-electron chi connectivity index (χ2n) is 8.27. The number of Topliss-reactive ketones (excluding diaryl/α,β-unsaturated/α-hetero) is 1. The van der Waals surface area contributed by atoms with Gasteiger partial charge < -0.3 is 15.2 Å². The molecule has 0 radical (unpaired) electrons. The molecule has 1 spiro atoms. The van der Waals surface area contributed by atoms with Gasteiger partial charge in [-0.2, -0.15) is 0 Å². The summed E-state index contributed by atoms with van der Waals surface area (Å²) in [5, 5.41) is 3.68. The standard InChI is InChI=1S/C21H26N4O3/c1-14(2)12-24-9-7-21(8-10-24)19(27)25(20(28)23-21)13-18(26)16-11-22-17-6-4-3-5-15(16)17/h3-6,11,14,22H,7-10,12-13H2,1-2H3,(H,23,28). The van der Waals surface area contributed by atoms with Crippen LogP contribution in [0.3, 0.4) is 0 Å². The van der Waals surface area contributed by atoms with Crippen LogP contribution in [0.4, 0.5) is 4.79 Å². The lowest BCUT2D eigenvalue weighted by Gasteiger charge is -2.37. The van der Waals surface area contributed by atoms with Gasteiger partial charge in [0.1, 0.15) is 5.54 Å². The fourth-order valence-electron chi connectivity index (χ4n) is 4.32. The Balaban J connectivity index is 1.47. The number of nitrogens with one attached hydrogen (secondary N) is 2. The molecule has 2 aliphatic rings. The summed E-state index contributed by atoms with van der Waals surface area (Å²) in [6.07, 6.45) is 2.82. The molecule has 0 unspecified atom stereocenters. The lowest BCUT2D eigenvalue weighted by molar-refractivity contribution is -0.132. The van der Waals surface area contributed by atoms with Crippen molar-refractivity contribution < 1.29 is 14.4 Å². The van der Waals surface area contributed by atoms with E-state index in [1.54, 1.807) is 6.20 Å². The van der Waals surface area contributed by atoms with E-state index in [9.17, 15) is 14.4 Å². The topological polar surface area (TPSA) is 85.5 Å². The van der Waals surface area contributed by atoms with Crippen molar-refractivity contribution in [1.82, 2.24) is 20.1 Å². The number of likely N-dealkylation sites (tertiary alicyclic amines) is 1. The molecule has 3 heterocycles. The van der Waals surface area contributed by atoms with Gasteiger partial charge in [-0.1, -0.05) is 32.0 Å². The monoisotopic (exact) mass is 382 g/mol. The second-order valence-corrected chi connectivity index (χ2v) is 8.27. The lowest BCUT2D eigenvalue weighted by atomic mass is 9.87. The average molecular weight is 382 g/mol. The molecule has 1 aromatic heterocycles. The molecule has 28 heavy (non-hydrogen) atoms. The number of urea groups is 1. The van der Waals surface area contributed by atoms with Gasteiger partial charge in [-0.15, -0.1) is 0 Å². The second kappa shape index (κ2) is 7.05. The van der Waals surface area contributed by atoms with Crippen molar-refractivity contribution in [3.05, 3.63) is 36.0 Å². The highest BCUT2D eigenvalue weighted by Gasteiger charge is 2.52. The fourth-order valence-corrected chi connectivity index (χ4v) is 4.32. The predicted octanol–water partition coefficient (Wildman–Crippen LogP) is 2.39. The Morgan fingerprint density at radius 1 is 1.18 bits per heavy atom. The Labute approximate surface area is 164 Å². The molecule has 2 aliphatic heterocycles. The number of benzene rings is 1. The Morgan fingerprint density at radius 2 is 1.89 bits per heavy atom. The van der Waals surface area contributed by atoms with Crippen LogP contribution in [0.1, 0.15) is 37.0 Å². The third-order valence-electron chi connectivity index (χ3n) is 5.77. The van der Waals surface area contributed by atoms with Crippen LogP contribution in [0.5, 0.6) is 0 Å². The number of carbonyl (C=O) groups is 3. The number of aromatic amines is 1. The van der Waals surface area contributed by atoms with Gasteiger partial charge in [0.05, 0.1) is 6.54 Å². The maximum Gasteiger partial charge on any atom is 0.325 e. The van der Waals surface area contributed by atoms with Crippen LogP contribution in [0.15, 0.2) is 30.5 Å². The summed E-state index contributed by atoms with van der Waals surface area (Å²) in [6, 6.07) is 7.03. The number of nitrogens with zero attached hydrogens (tertiary/aromatic N) is 2. The molecular weight excluding hydrogens is 356 g/mol. The lowest BCUT2D eigenvalue weighted by Crippen LogP contribution is -2.55. The summed E-state index contributed by atoms with van der Waals surface area (Å²) in [7, 11) is 0. The molecule has 0 bridgehead atoms.